The summed E-state index contributed by atoms with van der Waals surface area (Å²) in [4.78, 5) is 17.3. The van der Waals surface area contributed by atoms with Gasteiger partial charge in [0.15, 0.2) is 0 Å². The lowest BCUT2D eigenvalue weighted by atomic mass is 10.2. The van der Waals surface area contributed by atoms with E-state index < -0.39 is 0 Å². The summed E-state index contributed by atoms with van der Waals surface area (Å²) >= 11 is 1.72. The summed E-state index contributed by atoms with van der Waals surface area (Å²) in [5, 5.41) is 3.31. The van der Waals surface area contributed by atoms with Gasteiger partial charge in [0.1, 0.15) is 18.0 Å². The van der Waals surface area contributed by atoms with E-state index >= 15 is 0 Å². The van der Waals surface area contributed by atoms with Crippen LogP contribution in [-0.4, -0.2) is 36.1 Å². The molecular formula is C14H21N5S. The van der Waals surface area contributed by atoms with E-state index in [1.165, 1.54) is 5.01 Å². The molecule has 0 aliphatic heterocycles. The summed E-state index contributed by atoms with van der Waals surface area (Å²) in [5.41, 5.74) is 1.09. The first kappa shape index (κ1) is 14.7. The molecule has 2 rings (SSSR count). The number of aromatic nitrogens is 3. The molecule has 0 N–H and O–H groups in total. The zero-order chi connectivity index (χ0) is 14.7. The van der Waals surface area contributed by atoms with E-state index in [0.29, 0.717) is 5.92 Å². The van der Waals surface area contributed by atoms with Crippen LogP contribution in [0.3, 0.4) is 0 Å². The zero-order valence-corrected chi connectivity index (χ0v) is 13.5. The maximum Gasteiger partial charge on any atom is 0.134 e. The summed E-state index contributed by atoms with van der Waals surface area (Å²) in [6.07, 6.45) is 1.60. The van der Waals surface area contributed by atoms with E-state index in [1.54, 1.807) is 17.7 Å². The van der Waals surface area contributed by atoms with E-state index in [4.69, 9.17) is 0 Å². The van der Waals surface area contributed by atoms with Gasteiger partial charge >= 0.3 is 0 Å². The average Bonchev–Trinajstić information content (AvgIpc) is 2.87. The van der Waals surface area contributed by atoms with Crippen LogP contribution in [0, 0.1) is 0 Å². The summed E-state index contributed by atoms with van der Waals surface area (Å²) < 4.78 is 0. The van der Waals surface area contributed by atoms with E-state index in [2.05, 4.69) is 39.1 Å². The van der Waals surface area contributed by atoms with Crippen LogP contribution in [0.25, 0.3) is 0 Å². The van der Waals surface area contributed by atoms with Gasteiger partial charge in [0.25, 0.3) is 0 Å². The molecular weight excluding hydrogens is 270 g/mol. The number of anilines is 2. The van der Waals surface area contributed by atoms with Gasteiger partial charge in [-0.25, -0.2) is 15.0 Å². The Kier molecular flexibility index (Phi) is 4.54. The first-order valence-corrected chi connectivity index (χ1v) is 7.50. The van der Waals surface area contributed by atoms with Gasteiger partial charge in [-0.2, -0.15) is 0 Å². The van der Waals surface area contributed by atoms with Crippen molar-refractivity contribution in [2.45, 2.75) is 26.3 Å². The highest BCUT2D eigenvalue weighted by Gasteiger charge is 2.10. The molecule has 0 unspecified atom stereocenters. The minimum absolute atomic E-state index is 0.485. The van der Waals surface area contributed by atoms with Crippen molar-refractivity contribution >= 4 is 23.0 Å². The minimum Gasteiger partial charge on any atom is -0.363 e. The molecule has 2 heterocycles. The van der Waals surface area contributed by atoms with Crippen molar-refractivity contribution in [2.24, 2.45) is 0 Å². The highest BCUT2D eigenvalue weighted by atomic mass is 32.1. The number of thiazole rings is 1. The molecule has 0 amide bonds. The molecule has 0 aromatic carbocycles. The van der Waals surface area contributed by atoms with E-state index in [9.17, 15) is 0 Å². The monoisotopic (exact) mass is 291 g/mol. The van der Waals surface area contributed by atoms with Crippen molar-refractivity contribution in [1.29, 1.82) is 0 Å². The summed E-state index contributed by atoms with van der Waals surface area (Å²) in [5.74, 6) is 2.30. The molecule has 108 valence electrons. The molecule has 6 heteroatoms. The lowest BCUT2D eigenvalue weighted by molar-refractivity contribution is 0.817. The Balaban J connectivity index is 2.10. The van der Waals surface area contributed by atoms with Gasteiger partial charge in [-0.05, 0) is 0 Å². The fourth-order valence-corrected chi connectivity index (χ4v) is 2.60. The number of nitrogens with zero attached hydrogens (tertiary/aromatic N) is 5. The van der Waals surface area contributed by atoms with Gasteiger partial charge in [0.05, 0.1) is 17.2 Å². The van der Waals surface area contributed by atoms with Gasteiger partial charge in [0.2, 0.25) is 0 Å². The minimum atomic E-state index is 0.485. The van der Waals surface area contributed by atoms with Gasteiger partial charge in [-0.15, -0.1) is 11.3 Å². The van der Waals surface area contributed by atoms with Crippen molar-refractivity contribution in [3.8, 4) is 0 Å². The van der Waals surface area contributed by atoms with E-state index in [0.717, 1.165) is 23.9 Å². The third-order valence-corrected chi connectivity index (χ3v) is 4.14. The van der Waals surface area contributed by atoms with Gasteiger partial charge in [-0.3, -0.25) is 0 Å². The van der Waals surface area contributed by atoms with Crippen molar-refractivity contribution in [2.75, 3.05) is 30.9 Å². The molecule has 0 atom stereocenters. The quantitative estimate of drug-likeness (QED) is 0.847. The second-order valence-electron chi connectivity index (χ2n) is 5.32. The van der Waals surface area contributed by atoms with E-state index in [-0.39, 0.29) is 0 Å². The van der Waals surface area contributed by atoms with Gasteiger partial charge < -0.3 is 9.80 Å². The van der Waals surface area contributed by atoms with Crippen molar-refractivity contribution in [3.63, 3.8) is 0 Å². The highest BCUT2D eigenvalue weighted by Crippen LogP contribution is 2.21. The molecule has 5 nitrogen and oxygen atoms in total. The van der Waals surface area contributed by atoms with Crippen LogP contribution in [-0.2, 0) is 6.54 Å². The molecule has 0 saturated heterocycles. The summed E-state index contributed by atoms with van der Waals surface area (Å²) in [6, 6.07) is 1.98. The predicted octanol–water partition coefficient (Wildman–Crippen LogP) is 2.76. The zero-order valence-electron chi connectivity index (χ0n) is 12.7. The Morgan fingerprint density at radius 2 is 1.85 bits per heavy atom. The lowest BCUT2D eigenvalue weighted by Crippen LogP contribution is -2.19. The fourth-order valence-electron chi connectivity index (χ4n) is 1.77. The largest absolute Gasteiger partial charge is 0.363 e. The molecule has 0 aliphatic carbocycles. The van der Waals surface area contributed by atoms with Crippen LogP contribution in [0.2, 0.25) is 0 Å². The summed E-state index contributed by atoms with van der Waals surface area (Å²) in [7, 11) is 5.97. The Bertz CT molecular complexity index is 564. The highest BCUT2D eigenvalue weighted by molar-refractivity contribution is 7.09. The predicted molar refractivity (Wildman–Crippen MR) is 84.7 cm³/mol. The van der Waals surface area contributed by atoms with Crippen molar-refractivity contribution < 1.29 is 0 Å². The molecule has 0 bridgehead atoms. The lowest BCUT2D eigenvalue weighted by Gasteiger charge is -2.19. The standard InChI is InChI=1S/C14H21N5S/c1-10(2)14-17-11(8-20-14)7-19(5)13-6-12(18(3)4)15-9-16-13/h6,8-10H,7H2,1-5H3. The number of hydrogen-bond acceptors (Lipinski definition) is 6. The van der Waals surface area contributed by atoms with Crippen LogP contribution >= 0.6 is 11.3 Å². The molecule has 2 aromatic heterocycles. The number of rotatable bonds is 5. The topological polar surface area (TPSA) is 45.2 Å². The van der Waals surface area contributed by atoms with Gasteiger partial charge in [0, 0.05) is 38.5 Å². The van der Waals surface area contributed by atoms with Gasteiger partial charge in [-0.1, -0.05) is 13.8 Å². The molecule has 2 aromatic rings. The molecule has 0 radical (unpaired) electrons. The maximum absolute atomic E-state index is 4.66. The van der Waals surface area contributed by atoms with Crippen LogP contribution in [0.15, 0.2) is 17.8 Å². The molecule has 20 heavy (non-hydrogen) atoms. The first-order valence-electron chi connectivity index (χ1n) is 6.62. The van der Waals surface area contributed by atoms with Crippen LogP contribution < -0.4 is 9.80 Å². The summed E-state index contributed by atoms with van der Waals surface area (Å²) in [6.45, 7) is 5.09. The van der Waals surface area contributed by atoms with Crippen LogP contribution in [0.5, 0.6) is 0 Å². The number of hydrogen-bond donors (Lipinski definition) is 0. The Hall–Kier alpha value is -1.69. The molecule has 0 spiro atoms. The van der Waals surface area contributed by atoms with Crippen molar-refractivity contribution in [3.05, 3.63) is 28.5 Å². The van der Waals surface area contributed by atoms with Crippen LogP contribution in [0.4, 0.5) is 11.6 Å². The third-order valence-electron chi connectivity index (χ3n) is 2.95. The maximum atomic E-state index is 4.66. The van der Waals surface area contributed by atoms with Crippen molar-refractivity contribution in [1.82, 2.24) is 15.0 Å². The Morgan fingerprint density at radius 1 is 1.15 bits per heavy atom. The Morgan fingerprint density at radius 3 is 2.45 bits per heavy atom. The smallest absolute Gasteiger partial charge is 0.134 e. The molecule has 0 fully saturated rings. The average molecular weight is 291 g/mol. The first-order chi connectivity index (χ1) is 9.47. The molecule has 0 aliphatic rings. The second kappa shape index (κ2) is 6.17. The van der Waals surface area contributed by atoms with Crippen LogP contribution in [0.1, 0.15) is 30.5 Å². The normalized spacial score (nSPS) is 10.9. The fraction of sp³-hybridized carbons (Fsp3) is 0.500. The Labute approximate surface area is 124 Å². The third kappa shape index (κ3) is 3.45. The molecule has 0 saturated carbocycles. The second-order valence-corrected chi connectivity index (χ2v) is 6.21. The SMILES string of the molecule is CC(C)c1nc(CN(C)c2cc(N(C)C)ncn2)cs1. The van der Waals surface area contributed by atoms with E-state index in [1.807, 2.05) is 32.1 Å².